The van der Waals surface area contributed by atoms with E-state index < -0.39 is 0 Å². The summed E-state index contributed by atoms with van der Waals surface area (Å²) in [7, 11) is 0. The van der Waals surface area contributed by atoms with Gasteiger partial charge in [-0.25, -0.2) is 4.98 Å². The van der Waals surface area contributed by atoms with Crippen LogP contribution >= 0.6 is 11.3 Å². The van der Waals surface area contributed by atoms with E-state index in [9.17, 15) is 9.90 Å². The Kier molecular flexibility index (Phi) is 5.72. The van der Waals surface area contributed by atoms with Crippen molar-refractivity contribution in [2.45, 2.75) is 45.8 Å². The second kappa shape index (κ2) is 7.33. The minimum Gasteiger partial charge on any atom is -0.393 e. The number of hydrogen-bond donors (Lipinski definition) is 1. The standard InChI is InChI=1S/C15H24N2O3S/c1-4-20-11(3)15-16-13(9-21-15)7-14(19)17-6-5-12(8-17)10(2)18/h9-12,18H,4-8H2,1-3H3. The number of ether oxygens (including phenoxy) is 1. The van der Waals surface area contributed by atoms with E-state index in [0.29, 0.717) is 19.6 Å². The Hall–Kier alpha value is -0.980. The summed E-state index contributed by atoms with van der Waals surface area (Å²) in [4.78, 5) is 18.6. The highest BCUT2D eigenvalue weighted by Gasteiger charge is 2.29. The third-order valence-corrected chi connectivity index (χ3v) is 4.98. The molecule has 0 spiro atoms. The van der Waals surface area contributed by atoms with Crippen molar-refractivity contribution < 1.29 is 14.6 Å². The van der Waals surface area contributed by atoms with Crippen LogP contribution in [0.2, 0.25) is 0 Å². The van der Waals surface area contributed by atoms with Gasteiger partial charge in [-0.2, -0.15) is 0 Å². The molecule has 0 saturated carbocycles. The number of amides is 1. The van der Waals surface area contributed by atoms with E-state index >= 15 is 0 Å². The van der Waals surface area contributed by atoms with Crippen LogP contribution in [-0.2, 0) is 16.0 Å². The lowest BCUT2D eigenvalue weighted by atomic mass is 10.0. The van der Waals surface area contributed by atoms with Crippen LogP contribution in [0.25, 0.3) is 0 Å². The first-order valence-electron chi connectivity index (χ1n) is 7.53. The summed E-state index contributed by atoms with van der Waals surface area (Å²) in [5, 5.41) is 12.4. The van der Waals surface area contributed by atoms with Crippen LogP contribution in [0.5, 0.6) is 0 Å². The lowest BCUT2D eigenvalue weighted by molar-refractivity contribution is -0.129. The highest BCUT2D eigenvalue weighted by atomic mass is 32.1. The summed E-state index contributed by atoms with van der Waals surface area (Å²) in [6.45, 7) is 7.77. The molecule has 118 valence electrons. The zero-order chi connectivity index (χ0) is 15.4. The number of carbonyl (C=O) groups excluding carboxylic acids is 1. The van der Waals surface area contributed by atoms with Gasteiger partial charge in [-0.05, 0) is 27.2 Å². The van der Waals surface area contributed by atoms with E-state index in [1.807, 2.05) is 24.1 Å². The molecule has 0 bridgehead atoms. The first-order chi connectivity index (χ1) is 10.0. The van der Waals surface area contributed by atoms with Gasteiger partial charge in [0.25, 0.3) is 0 Å². The highest BCUT2D eigenvalue weighted by Crippen LogP contribution is 2.23. The van der Waals surface area contributed by atoms with Gasteiger partial charge in [0.1, 0.15) is 11.1 Å². The predicted octanol–water partition coefficient (Wildman–Crippen LogP) is 2.01. The Morgan fingerprint density at radius 2 is 2.38 bits per heavy atom. The Labute approximate surface area is 129 Å². The second-order valence-electron chi connectivity index (χ2n) is 5.58. The Morgan fingerprint density at radius 3 is 3.00 bits per heavy atom. The van der Waals surface area contributed by atoms with E-state index in [2.05, 4.69) is 4.98 Å². The number of aliphatic hydroxyl groups is 1. The largest absolute Gasteiger partial charge is 0.393 e. The molecule has 3 unspecified atom stereocenters. The SMILES string of the molecule is CCOC(C)c1nc(CC(=O)N2CCC(C(C)O)C2)cs1. The maximum Gasteiger partial charge on any atom is 0.228 e. The fraction of sp³-hybridized carbons (Fsp3) is 0.733. The minimum absolute atomic E-state index is 0.0183. The monoisotopic (exact) mass is 312 g/mol. The number of carbonyl (C=O) groups is 1. The molecule has 0 aliphatic carbocycles. The Morgan fingerprint density at radius 1 is 1.62 bits per heavy atom. The van der Waals surface area contributed by atoms with Crippen molar-refractivity contribution in [2.24, 2.45) is 5.92 Å². The number of rotatable bonds is 6. The molecule has 1 aromatic heterocycles. The van der Waals surface area contributed by atoms with Gasteiger partial charge in [0.05, 0.1) is 18.2 Å². The number of hydrogen-bond acceptors (Lipinski definition) is 5. The third-order valence-electron chi connectivity index (χ3n) is 3.93. The molecule has 1 N–H and O–H groups in total. The van der Waals surface area contributed by atoms with E-state index in [1.54, 1.807) is 18.3 Å². The molecule has 1 aliphatic rings. The zero-order valence-corrected chi connectivity index (χ0v) is 13.7. The van der Waals surface area contributed by atoms with Crippen molar-refractivity contribution in [2.75, 3.05) is 19.7 Å². The van der Waals surface area contributed by atoms with Gasteiger partial charge in [-0.15, -0.1) is 11.3 Å². The molecule has 1 aromatic rings. The average molecular weight is 312 g/mol. The van der Waals surface area contributed by atoms with Crippen LogP contribution in [0.3, 0.4) is 0 Å². The lowest BCUT2D eigenvalue weighted by Gasteiger charge is -2.17. The molecule has 0 radical (unpaired) electrons. The number of nitrogens with zero attached hydrogens (tertiary/aromatic N) is 2. The number of likely N-dealkylation sites (tertiary alicyclic amines) is 1. The van der Waals surface area contributed by atoms with Crippen LogP contribution in [0, 0.1) is 5.92 Å². The molecule has 1 amide bonds. The molecule has 5 nitrogen and oxygen atoms in total. The summed E-state index contributed by atoms with van der Waals surface area (Å²) < 4.78 is 5.51. The summed E-state index contributed by atoms with van der Waals surface area (Å²) >= 11 is 1.54. The average Bonchev–Trinajstić information content (AvgIpc) is 3.07. The molecule has 1 aliphatic heterocycles. The van der Waals surface area contributed by atoms with Gasteiger partial charge in [0.15, 0.2) is 0 Å². The molecule has 3 atom stereocenters. The van der Waals surface area contributed by atoms with Crippen LogP contribution in [-0.4, -0.2) is 46.7 Å². The molecule has 2 heterocycles. The summed E-state index contributed by atoms with van der Waals surface area (Å²) in [5.41, 5.74) is 0.812. The quantitative estimate of drug-likeness (QED) is 0.873. The topological polar surface area (TPSA) is 62.7 Å². The van der Waals surface area contributed by atoms with Gasteiger partial charge in [-0.3, -0.25) is 4.79 Å². The fourth-order valence-electron chi connectivity index (χ4n) is 2.59. The molecule has 21 heavy (non-hydrogen) atoms. The van der Waals surface area contributed by atoms with E-state index in [-0.39, 0.29) is 24.0 Å². The normalized spacial score (nSPS) is 21.5. The van der Waals surface area contributed by atoms with Crippen LogP contribution in [0.15, 0.2) is 5.38 Å². The molecule has 1 saturated heterocycles. The predicted molar refractivity (Wildman–Crippen MR) is 82.2 cm³/mol. The van der Waals surface area contributed by atoms with Gasteiger partial charge >= 0.3 is 0 Å². The van der Waals surface area contributed by atoms with Gasteiger partial charge < -0.3 is 14.7 Å². The highest BCUT2D eigenvalue weighted by molar-refractivity contribution is 7.09. The van der Waals surface area contributed by atoms with Crippen molar-refractivity contribution in [3.63, 3.8) is 0 Å². The number of aliphatic hydroxyl groups excluding tert-OH is 1. The van der Waals surface area contributed by atoms with Gasteiger partial charge in [0, 0.05) is 31.0 Å². The van der Waals surface area contributed by atoms with E-state index in [0.717, 1.165) is 23.7 Å². The molecule has 2 rings (SSSR count). The molecular formula is C15H24N2O3S. The van der Waals surface area contributed by atoms with E-state index in [1.165, 1.54) is 0 Å². The van der Waals surface area contributed by atoms with Crippen molar-refractivity contribution in [1.29, 1.82) is 0 Å². The lowest BCUT2D eigenvalue weighted by Crippen LogP contribution is -2.31. The molecular weight excluding hydrogens is 288 g/mol. The summed E-state index contributed by atoms with van der Waals surface area (Å²) in [6, 6.07) is 0. The van der Waals surface area contributed by atoms with Crippen molar-refractivity contribution >= 4 is 17.2 Å². The van der Waals surface area contributed by atoms with Crippen LogP contribution in [0.1, 0.15) is 44.0 Å². The fourth-order valence-corrected chi connectivity index (χ4v) is 3.41. The zero-order valence-electron chi connectivity index (χ0n) is 12.9. The first-order valence-corrected chi connectivity index (χ1v) is 8.41. The van der Waals surface area contributed by atoms with Crippen molar-refractivity contribution in [3.05, 3.63) is 16.1 Å². The first kappa shape index (κ1) is 16.4. The third kappa shape index (κ3) is 4.25. The smallest absolute Gasteiger partial charge is 0.228 e. The molecule has 6 heteroatoms. The summed E-state index contributed by atoms with van der Waals surface area (Å²) in [5.74, 6) is 0.303. The Balaban J connectivity index is 1.89. The Bertz CT molecular complexity index is 475. The van der Waals surface area contributed by atoms with E-state index in [4.69, 9.17) is 4.74 Å². The van der Waals surface area contributed by atoms with Gasteiger partial charge in [-0.1, -0.05) is 0 Å². The van der Waals surface area contributed by atoms with Gasteiger partial charge in [0.2, 0.25) is 5.91 Å². The molecule has 0 aromatic carbocycles. The summed E-state index contributed by atoms with van der Waals surface area (Å²) in [6.07, 6.45) is 0.852. The maximum absolute atomic E-state index is 12.3. The second-order valence-corrected chi connectivity index (χ2v) is 6.47. The van der Waals surface area contributed by atoms with Crippen molar-refractivity contribution in [3.8, 4) is 0 Å². The maximum atomic E-state index is 12.3. The van der Waals surface area contributed by atoms with Crippen LogP contribution in [0.4, 0.5) is 0 Å². The number of aromatic nitrogens is 1. The van der Waals surface area contributed by atoms with Crippen LogP contribution < -0.4 is 0 Å². The number of thiazole rings is 1. The van der Waals surface area contributed by atoms with Crippen molar-refractivity contribution in [1.82, 2.24) is 9.88 Å². The minimum atomic E-state index is -0.347. The molecule has 1 fully saturated rings.